The SMILES string of the molecule is CCN(CC)C(=O)C1C[C@@]2(C)C(CC[C@@H]3[C@H]2CC[C@]2(C)CCC[C@@H]32)CC1=O. The minimum atomic E-state index is -0.373. The first kappa shape index (κ1) is 19.5. The second-order valence-corrected chi connectivity index (χ2v) is 10.7. The number of ketones is 1. The van der Waals surface area contributed by atoms with Crippen LogP contribution in [0.5, 0.6) is 0 Å². The summed E-state index contributed by atoms with van der Waals surface area (Å²) < 4.78 is 0. The maximum Gasteiger partial charge on any atom is 0.233 e. The standard InChI is InChI=1S/C24H39NO2/c1-5-25(6-2)22(27)18-15-24(4)16(14-21(18)26)9-10-17-19-8-7-12-23(19,3)13-11-20(17)24/h16-20H,5-15H2,1-4H3/t16?,17-,18?,19-,20+,23-,24-/m0/s1. The average Bonchev–Trinajstić information content (AvgIpc) is 3.04. The van der Waals surface area contributed by atoms with Crippen LogP contribution in [-0.2, 0) is 9.59 Å². The van der Waals surface area contributed by atoms with Gasteiger partial charge in [0.2, 0.25) is 5.91 Å². The molecule has 4 rings (SSSR count). The fraction of sp³-hybridized carbons (Fsp3) is 0.917. The Balaban J connectivity index is 1.60. The summed E-state index contributed by atoms with van der Waals surface area (Å²) in [4.78, 5) is 27.9. The topological polar surface area (TPSA) is 37.4 Å². The van der Waals surface area contributed by atoms with E-state index in [9.17, 15) is 9.59 Å². The van der Waals surface area contributed by atoms with Crippen molar-refractivity contribution in [3.8, 4) is 0 Å². The van der Waals surface area contributed by atoms with E-state index >= 15 is 0 Å². The zero-order valence-electron chi connectivity index (χ0n) is 17.9. The minimum absolute atomic E-state index is 0.105. The highest BCUT2D eigenvalue weighted by Crippen LogP contribution is 2.66. The molecule has 2 unspecified atom stereocenters. The van der Waals surface area contributed by atoms with Gasteiger partial charge in [0.05, 0.1) is 5.92 Å². The van der Waals surface area contributed by atoms with Gasteiger partial charge in [-0.25, -0.2) is 0 Å². The fourth-order valence-electron chi connectivity index (χ4n) is 8.10. The molecule has 0 aliphatic heterocycles. The lowest BCUT2D eigenvalue weighted by Crippen LogP contribution is -2.56. The lowest BCUT2D eigenvalue weighted by atomic mass is 9.44. The van der Waals surface area contributed by atoms with Gasteiger partial charge in [-0.3, -0.25) is 9.59 Å². The van der Waals surface area contributed by atoms with Gasteiger partial charge in [-0.15, -0.1) is 0 Å². The van der Waals surface area contributed by atoms with Gasteiger partial charge in [-0.2, -0.15) is 0 Å². The maximum atomic E-state index is 13.1. The van der Waals surface area contributed by atoms with Gasteiger partial charge in [0.1, 0.15) is 5.78 Å². The third-order valence-corrected chi connectivity index (χ3v) is 9.70. The van der Waals surface area contributed by atoms with Crippen LogP contribution in [0.25, 0.3) is 0 Å². The molecule has 3 heteroatoms. The van der Waals surface area contributed by atoms with E-state index in [1.165, 1.54) is 44.9 Å². The average molecular weight is 374 g/mol. The van der Waals surface area contributed by atoms with Gasteiger partial charge in [0, 0.05) is 19.5 Å². The molecule has 0 N–H and O–H groups in total. The lowest BCUT2D eigenvalue weighted by molar-refractivity contribution is -0.157. The Labute approximate surface area is 165 Å². The number of fused-ring (bicyclic) bond motifs is 5. The van der Waals surface area contributed by atoms with Crippen molar-refractivity contribution in [3.63, 3.8) is 0 Å². The molecule has 0 heterocycles. The first-order valence-electron chi connectivity index (χ1n) is 11.7. The molecule has 0 bridgehead atoms. The Morgan fingerprint density at radius 1 is 1.04 bits per heavy atom. The number of Topliss-reactive ketones (excluding diaryl/α,β-unsaturated/α-hetero) is 1. The van der Waals surface area contributed by atoms with Gasteiger partial charge < -0.3 is 4.90 Å². The largest absolute Gasteiger partial charge is 0.343 e. The zero-order valence-corrected chi connectivity index (χ0v) is 17.9. The highest BCUT2D eigenvalue weighted by Gasteiger charge is 2.59. The van der Waals surface area contributed by atoms with Crippen molar-refractivity contribution in [2.24, 2.45) is 40.4 Å². The van der Waals surface area contributed by atoms with Crippen LogP contribution in [-0.4, -0.2) is 29.7 Å². The maximum absolute atomic E-state index is 13.1. The lowest BCUT2D eigenvalue weighted by Gasteiger charge is -2.60. The molecule has 4 fully saturated rings. The first-order valence-corrected chi connectivity index (χ1v) is 11.7. The fourth-order valence-corrected chi connectivity index (χ4v) is 8.10. The summed E-state index contributed by atoms with van der Waals surface area (Å²) in [5, 5.41) is 0. The summed E-state index contributed by atoms with van der Waals surface area (Å²) in [6.45, 7) is 10.5. The number of carbonyl (C=O) groups excluding carboxylic acids is 2. The molecule has 7 atom stereocenters. The zero-order chi connectivity index (χ0) is 19.4. The third kappa shape index (κ3) is 2.90. The number of carbonyl (C=O) groups is 2. The summed E-state index contributed by atoms with van der Waals surface area (Å²) in [6, 6.07) is 0. The summed E-state index contributed by atoms with van der Waals surface area (Å²) >= 11 is 0. The van der Waals surface area contributed by atoms with Crippen LogP contribution in [0.4, 0.5) is 0 Å². The van der Waals surface area contributed by atoms with Crippen molar-refractivity contribution in [2.45, 2.75) is 85.5 Å². The number of amides is 1. The molecule has 0 aromatic heterocycles. The summed E-state index contributed by atoms with van der Waals surface area (Å²) in [5.41, 5.74) is 0.763. The van der Waals surface area contributed by atoms with Gasteiger partial charge in [-0.1, -0.05) is 20.3 Å². The number of nitrogens with zero attached hydrogens (tertiary/aromatic N) is 1. The van der Waals surface area contributed by atoms with E-state index in [4.69, 9.17) is 0 Å². The summed E-state index contributed by atoms with van der Waals surface area (Å²) in [7, 11) is 0. The van der Waals surface area contributed by atoms with Gasteiger partial charge in [0.15, 0.2) is 0 Å². The minimum Gasteiger partial charge on any atom is -0.343 e. The Hall–Kier alpha value is -0.860. The molecule has 0 radical (unpaired) electrons. The van der Waals surface area contributed by atoms with Gasteiger partial charge in [-0.05, 0) is 93.3 Å². The molecule has 4 aliphatic carbocycles. The molecule has 4 saturated carbocycles. The molecule has 0 aromatic rings. The van der Waals surface area contributed by atoms with Crippen LogP contribution in [0.1, 0.15) is 85.5 Å². The first-order chi connectivity index (χ1) is 12.8. The van der Waals surface area contributed by atoms with E-state index in [2.05, 4.69) is 13.8 Å². The van der Waals surface area contributed by atoms with Crippen LogP contribution in [0.15, 0.2) is 0 Å². The predicted molar refractivity (Wildman–Crippen MR) is 108 cm³/mol. The van der Waals surface area contributed by atoms with E-state index in [0.717, 1.165) is 24.2 Å². The highest BCUT2D eigenvalue weighted by atomic mass is 16.2. The molecular weight excluding hydrogens is 334 g/mol. The quantitative estimate of drug-likeness (QED) is 0.647. The van der Waals surface area contributed by atoms with Crippen LogP contribution < -0.4 is 0 Å². The van der Waals surface area contributed by atoms with E-state index in [1.807, 2.05) is 18.7 Å². The van der Waals surface area contributed by atoms with E-state index in [0.29, 0.717) is 30.8 Å². The molecule has 0 spiro atoms. The summed E-state index contributed by atoms with van der Waals surface area (Å²) in [6.07, 6.45) is 10.9. The molecule has 27 heavy (non-hydrogen) atoms. The van der Waals surface area contributed by atoms with Crippen molar-refractivity contribution >= 4 is 11.7 Å². The Bertz CT molecular complexity index is 612. The van der Waals surface area contributed by atoms with Crippen LogP contribution in [0.2, 0.25) is 0 Å². The number of rotatable bonds is 3. The van der Waals surface area contributed by atoms with Crippen molar-refractivity contribution < 1.29 is 9.59 Å². The monoisotopic (exact) mass is 373 g/mol. The van der Waals surface area contributed by atoms with Gasteiger partial charge in [0.25, 0.3) is 0 Å². The smallest absolute Gasteiger partial charge is 0.233 e. The molecule has 4 aliphatic rings. The molecule has 152 valence electrons. The van der Waals surface area contributed by atoms with E-state index in [1.54, 1.807) is 0 Å². The molecular formula is C24H39NO2. The number of hydrogen-bond donors (Lipinski definition) is 0. The Kier molecular flexibility index (Phi) is 4.96. The highest BCUT2D eigenvalue weighted by molar-refractivity contribution is 6.02. The van der Waals surface area contributed by atoms with Crippen molar-refractivity contribution in [3.05, 3.63) is 0 Å². The van der Waals surface area contributed by atoms with Crippen LogP contribution in [0, 0.1) is 40.4 Å². The molecule has 1 amide bonds. The van der Waals surface area contributed by atoms with Crippen molar-refractivity contribution in [2.75, 3.05) is 13.1 Å². The molecule has 0 saturated heterocycles. The van der Waals surface area contributed by atoms with Crippen molar-refractivity contribution in [1.82, 2.24) is 4.90 Å². The molecule has 3 nitrogen and oxygen atoms in total. The van der Waals surface area contributed by atoms with Crippen LogP contribution >= 0.6 is 0 Å². The predicted octanol–water partition coefficient (Wildman–Crippen LogP) is 5.08. The number of hydrogen-bond acceptors (Lipinski definition) is 2. The van der Waals surface area contributed by atoms with Crippen LogP contribution in [0.3, 0.4) is 0 Å². The van der Waals surface area contributed by atoms with E-state index in [-0.39, 0.29) is 23.0 Å². The Morgan fingerprint density at radius 3 is 2.48 bits per heavy atom. The normalized spacial score (nSPS) is 46.4. The van der Waals surface area contributed by atoms with Gasteiger partial charge >= 0.3 is 0 Å². The van der Waals surface area contributed by atoms with E-state index < -0.39 is 0 Å². The van der Waals surface area contributed by atoms with Crippen molar-refractivity contribution in [1.29, 1.82) is 0 Å². The second-order valence-electron chi connectivity index (χ2n) is 10.7. The second kappa shape index (κ2) is 6.88. The third-order valence-electron chi connectivity index (χ3n) is 9.70. The molecule has 0 aromatic carbocycles. The summed E-state index contributed by atoms with van der Waals surface area (Å²) in [5.74, 6) is 2.93. The Morgan fingerprint density at radius 2 is 1.78 bits per heavy atom.